The Bertz CT molecular complexity index is 795. The number of unbranched alkanes of at least 4 members (excludes halogenated alkanes) is 1. The summed E-state index contributed by atoms with van der Waals surface area (Å²) in [5.74, 6) is -1.35. The highest BCUT2D eigenvalue weighted by molar-refractivity contribution is 5.86. The van der Waals surface area contributed by atoms with E-state index in [1.54, 1.807) is 17.1 Å². The quantitative estimate of drug-likeness (QED) is 0.254. The fourth-order valence-electron chi connectivity index (χ4n) is 4.00. The van der Waals surface area contributed by atoms with Crippen LogP contribution in [0.2, 0.25) is 0 Å². The number of aliphatic hydroxyl groups is 1. The fourth-order valence-corrected chi connectivity index (χ4v) is 4.00. The van der Waals surface area contributed by atoms with Crippen LogP contribution in [0.3, 0.4) is 0 Å². The van der Waals surface area contributed by atoms with E-state index in [0.29, 0.717) is 19.4 Å². The first kappa shape index (κ1) is 26.3. The highest BCUT2D eigenvalue weighted by Crippen LogP contribution is 2.22. The molecule has 0 radical (unpaired) electrons. The van der Waals surface area contributed by atoms with Gasteiger partial charge in [0.1, 0.15) is 6.61 Å². The van der Waals surface area contributed by atoms with Gasteiger partial charge in [-0.05, 0) is 37.7 Å². The van der Waals surface area contributed by atoms with E-state index < -0.39 is 12.0 Å². The van der Waals surface area contributed by atoms with Crippen LogP contribution in [0.5, 0.6) is 0 Å². The number of carbonyl (C=O) groups excluding carboxylic acids is 3. The van der Waals surface area contributed by atoms with E-state index >= 15 is 0 Å². The molecule has 1 aliphatic heterocycles. The molecule has 0 aromatic heterocycles. The third-order valence-corrected chi connectivity index (χ3v) is 5.87. The van der Waals surface area contributed by atoms with Crippen LogP contribution >= 0.6 is 0 Å². The lowest BCUT2D eigenvalue weighted by Crippen LogP contribution is -2.42. The number of esters is 1. The number of carbonyl (C=O) groups is 3. The van der Waals surface area contributed by atoms with Crippen LogP contribution in [0.25, 0.3) is 0 Å². The Morgan fingerprint density at radius 1 is 1.21 bits per heavy atom. The third-order valence-electron chi connectivity index (χ3n) is 5.87. The molecule has 1 fully saturated rings. The SMILES string of the molecule is C=CCCCC(=O)OCC(NC(=O)C(CC=C)CC(=O)N1CCCC1CO)c1ccccc1. The number of aliphatic hydroxyl groups excluding tert-OH is 1. The number of hydrogen-bond donors (Lipinski definition) is 2. The number of allylic oxidation sites excluding steroid dienone is 2. The van der Waals surface area contributed by atoms with Crippen molar-refractivity contribution in [2.75, 3.05) is 19.8 Å². The van der Waals surface area contributed by atoms with Crippen LogP contribution in [0.4, 0.5) is 0 Å². The van der Waals surface area contributed by atoms with Gasteiger partial charge in [0.15, 0.2) is 0 Å². The van der Waals surface area contributed by atoms with E-state index in [1.807, 2.05) is 30.3 Å². The van der Waals surface area contributed by atoms with Crippen molar-refractivity contribution in [3.05, 3.63) is 61.2 Å². The average Bonchev–Trinajstić information content (AvgIpc) is 3.31. The van der Waals surface area contributed by atoms with Crippen molar-refractivity contribution < 1.29 is 24.2 Å². The van der Waals surface area contributed by atoms with Gasteiger partial charge in [-0.15, -0.1) is 13.2 Å². The fraction of sp³-hybridized carbons (Fsp3) is 0.500. The summed E-state index contributed by atoms with van der Waals surface area (Å²) in [6.45, 7) is 7.91. The topological polar surface area (TPSA) is 95.9 Å². The Kier molecular flexibility index (Phi) is 11.4. The molecule has 3 unspecified atom stereocenters. The van der Waals surface area contributed by atoms with Crippen LogP contribution in [-0.2, 0) is 19.1 Å². The number of rotatable bonds is 14. The van der Waals surface area contributed by atoms with Crippen molar-refractivity contribution in [2.45, 2.75) is 57.0 Å². The van der Waals surface area contributed by atoms with E-state index in [2.05, 4.69) is 18.5 Å². The molecule has 180 valence electrons. The molecule has 1 saturated heterocycles. The zero-order valence-electron chi connectivity index (χ0n) is 19.3. The molecule has 1 heterocycles. The third kappa shape index (κ3) is 8.50. The molecule has 1 aromatic rings. The maximum atomic E-state index is 13.1. The number of nitrogens with one attached hydrogen (secondary N) is 1. The molecular formula is C26H36N2O5. The second-order valence-electron chi connectivity index (χ2n) is 8.33. The van der Waals surface area contributed by atoms with Gasteiger partial charge in [-0.3, -0.25) is 14.4 Å². The number of amides is 2. The zero-order valence-corrected chi connectivity index (χ0v) is 19.3. The largest absolute Gasteiger partial charge is 0.463 e. The summed E-state index contributed by atoms with van der Waals surface area (Å²) in [5.41, 5.74) is 0.813. The summed E-state index contributed by atoms with van der Waals surface area (Å²) >= 11 is 0. The number of likely N-dealkylation sites (tertiary alicyclic amines) is 1. The zero-order chi connectivity index (χ0) is 24.1. The molecule has 3 atom stereocenters. The molecular weight excluding hydrogens is 420 g/mol. The van der Waals surface area contributed by atoms with Gasteiger partial charge < -0.3 is 20.1 Å². The van der Waals surface area contributed by atoms with Crippen molar-refractivity contribution in [2.24, 2.45) is 5.92 Å². The second-order valence-corrected chi connectivity index (χ2v) is 8.33. The van der Waals surface area contributed by atoms with Crippen molar-refractivity contribution in [1.82, 2.24) is 10.2 Å². The minimum Gasteiger partial charge on any atom is -0.463 e. The predicted molar refractivity (Wildman–Crippen MR) is 127 cm³/mol. The molecule has 0 saturated carbocycles. The van der Waals surface area contributed by atoms with E-state index in [9.17, 15) is 19.5 Å². The van der Waals surface area contributed by atoms with E-state index in [4.69, 9.17) is 4.74 Å². The van der Waals surface area contributed by atoms with Crippen molar-refractivity contribution in [3.8, 4) is 0 Å². The van der Waals surface area contributed by atoms with Gasteiger partial charge in [0, 0.05) is 19.4 Å². The Labute approximate surface area is 196 Å². The molecule has 0 bridgehead atoms. The molecule has 1 aliphatic rings. The molecule has 7 heteroatoms. The minimum atomic E-state index is -0.593. The van der Waals surface area contributed by atoms with Crippen LogP contribution in [0.1, 0.15) is 56.6 Å². The first-order valence-corrected chi connectivity index (χ1v) is 11.6. The predicted octanol–water partition coefficient (Wildman–Crippen LogP) is 3.31. The molecule has 33 heavy (non-hydrogen) atoms. The van der Waals surface area contributed by atoms with Gasteiger partial charge in [0.2, 0.25) is 11.8 Å². The van der Waals surface area contributed by atoms with E-state index in [0.717, 1.165) is 24.8 Å². The average molecular weight is 457 g/mol. The molecule has 2 amide bonds. The van der Waals surface area contributed by atoms with Gasteiger partial charge in [0.25, 0.3) is 0 Å². The maximum Gasteiger partial charge on any atom is 0.305 e. The highest BCUT2D eigenvalue weighted by atomic mass is 16.5. The normalized spacial score (nSPS) is 17.1. The van der Waals surface area contributed by atoms with Gasteiger partial charge in [-0.1, -0.05) is 42.5 Å². The Morgan fingerprint density at radius 2 is 1.97 bits per heavy atom. The number of ether oxygens (including phenoxy) is 1. The van der Waals surface area contributed by atoms with Gasteiger partial charge in [-0.2, -0.15) is 0 Å². The van der Waals surface area contributed by atoms with E-state index in [-0.39, 0.29) is 49.9 Å². The monoisotopic (exact) mass is 456 g/mol. The summed E-state index contributed by atoms with van der Waals surface area (Å²) < 4.78 is 5.43. The molecule has 0 spiro atoms. The smallest absolute Gasteiger partial charge is 0.305 e. The lowest BCUT2D eigenvalue weighted by molar-refractivity contribution is -0.145. The molecule has 1 aromatic carbocycles. The summed E-state index contributed by atoms with van der Waals surface area (Å²) in [4.78, 5) is 39.7. The van der Waals surface area contributed by atoms with Crippen molar-refractivity contribution in [1.29, 1.82) is 0 Å². The summed E-state index contributed by atoms with van der Waals surface area (Å²) in [7, 11) is 0. The van der Waals surface area contributed by atoms with Crippen LogP contribution in [0, 0.1) is 5.92 Å². The number of hydrogen-bond acceptors (Lipinski definition) is 5. The first-order valence-electron chi connectivity index (χ1n) is 11.6. The van der Waals surface area contributed by atoms with Crippen molar-refractivity contribution in [3.63, 3.8) is 0 Å². The van der Waals surface area contributed by atoms with Crippen LogP contribution < -0.4 is 5.32 Å². The lowest BCUT2D eigenvalue weighted by atomic mass is 9.98. The van der Waals surface area contributed by atoms with Gasteiger partial charge in [0.05, 0.1) is 24.6 Å². The van der Waals surface area contributed by atoms with E-state index in [1.165, 1.54) is 0 Å². The summed E-state index contributed by atoms with van der Waals surface area (Å²) in [6.07, 6.45) is 7.08. The Morgan fingerprint density at radius 3 is 2.64 bits per heavy atom. The maximum absolute atomic E-state index is 13.1. The van der Waals surface area contributed by atoms with Crippen LogP contribution in [-0.4, -0.2) is 53.6 Å². The minimum absolute atomic E-state index is 0.0101. The molecule has 2 rings (SSSR count). The van der Waals surface area contributed by atoms with Crippen molar-refractivity contribution >= 4 is 17.8 Å². The molecule has 7 nitrogen and oxygen atoms in total. The standard InChI is InChI=1S/C26H36N2O5/c1-3-5-7-15-25(31)33-19-23(20-12-8-6-9-13-20)27-26(32)21(11-4-2)17-24(30)28-16-10-14-22(28)18-29/h3-4,6,8-9,12-13,21-23,29H,1-2,5,7,10-11,14-19H2,(H,27,32). The van der Waals surface area contributed by atoms with Gasteiger partial charge >= 0.3 is 5.97 Å². The highest BCUT2D eigenvalue weighted by Gasteiger charge is 2.31. The summed E-state index contributed by atoms with van der Waals surface area (Å²) in [5, 5.41) is 12.5. The number of nitrogens with zero attached hydrogens (tertiary/aromatic N) is 1. The Hall–Kier alpha value is -2.93. The van der Waals surface area contributed by atoms with Crippen LogP contribution in [0.15, 0.2) is 55.6 Å². The molecule has 0 aliphatic carbocycles. The summed E-state index contributed by atoms with van der Waals surface area (Å²) in [6, 6.07) is 8.60. The second kappa shape index (κ2) is 14.3. The molecule has 2 N–H and O–H groups in total. The first-order chi connectivity index (χ1) is 16.0. The van der Waals surface area contributed by atoms with Gasteiger partial charge in [-0.25, -0.2) is 0 Å². The lowest BCUT2D eigenvalue weighted by Gasteiger charge is -2.26. The number of benzene rings is 1. The Balaban J connectivity index is 2.04.